The first-order valence-corrected chi connectivity index (χ1v) is 7.46. The zero-order valence-electron chi connectivity index (χ0n) is 13.1. The smallest absolute Gasteiger partial charge is 0.343 e. The summed E-state index contributed by atoms with van der Waals surface area (Å²) in [6.45, 7) is 1.96. The van der Waals surface area contributed by atoms with Crippen LogP contribution in [0.5, 0.6) is 0 Å². The molecule has 126 valence electrons. The van der Waals surface area contributed by atoms with Gasteiger partial charge in [0.05, 0.1) is 6.61 Å². The molecule has 23 heavy (non-hydrogen) atoms. The summed E-state index contributed by atoms with van der Waals surface area (Å²) in [5.41, 5.74) is 3.56. The van der Waals surface area contributed by atoms with Crippen LogP contribution in [-0.4, -0.2) is 41.6 Å². The predicted molar refractivity (Wildman–Crippen MR) is 83.8 cm³/mol. The van der Waals surface area contributed by atoms with Gasteiger partial charge < -0.3 is 20.9 Å². The molecule has 4 N–H and O–H groups in total. The van der Waals surface area contributed by atoms with Crippen molar-refractivity contribution in [3.05, 3.63) is 35.9 Å². The van der Waals surface area contributed by atoms with E-state index in [1.807, 2.05) is 0 Å². The number of ether oxygens (including phenoxy) is 1. The Morgan fingerprint density at radius 3 is 2.39 bits per heavy atom. The summed E-state index contributed by atoms with van der Waals surface area (Å²) in [6.07, 6.45) is 0.823. The van der Waals surface area contributed by atoms with Gasteiger partial charge in [0.1, 0.15) is 0 Å². The minimum atomic E-state index is -2.11. The maximum absolute atomic E-state index is 12.3. The Hall–Kier alpha value is -2.41. The third-order valence-corrected chi connectivity index (χ3v) is 3.36. The minimum Gasteiger partial charge on any atom is -0.479 e. The molecule has 0 heterocycles. The molecule has 0 radical (unpaired) electrons. The third-order valence-electron chi connectivity index (χ3n) is 3.36. The predicted octanol–water partition coefficient (Wildman–Crippen LogP) is 0.932. The van der Waals surface area contributed by atoms with Gasteiger partial charge in [0, 0.05) is 5.56 Å². The lowest BCUT2D eigenvalue weighted by atomic mass is 9.91. The van der Waals surface area contributed by atoms with Crippen LogP contribution in [0.3, 0.4) is 0 Å². The second-order valence-electron chi connectivity index (χ2n) is 5.00. The van der Waals surface area contributed by atoms with Crippen LogP contribution in [0.25, 0.3) is 0 Å². The van der Waals surface area contributed by atoms with Crippen molar-refractivity contribution >= 4 is 17.8 Å². The lowest BCUT2D eigenvalue weighted by Crippen LogP contribution is -2.60. The van der Waals surface area contributed by atoms with E-state index in [4.69, 9.17) is 10.5 Å². The van der Waals surface area contributed by atoms with Crippen LogP contribution in [-0.2, 0) is 14.3 Å². The highest BCUT2D eigenvalue weighted by atomic mass is 16.5. The fourth-order valence-electron chi connectivity index (χ4n) is 2.11. The molecule has 7 heteroatoms. The van der Waals surface area contributed by atoms with Crippen molar-refractivity contribution in [2.75, 3.05) is 13.2 Å². The number of carboxylic acids is 1. The van der Waals surface area contributed by atoms with Gasteiger partial charge in [-0.25, -0.2) is 9.59 Å². The zero-order valence-corrected chi connectivity index (χ0v) is 13.1. The molecule has 0 aliphatic rings. The number of nitrogens with one attached hydrogen (secondary N) is 1. The first-order chi connectivity index (χ1) is 11.0. The van der Waals surface area contributed by atoms with E-state index < -0.39 is 23.4 Å². The second-order valence-corrected chi connectivity index (χ2v) is 5.00. The number of carboxylic acid groups (broad SMARTS) is 1. The van der Waals surface area contributed by atoms with Crippen molar-refractivity contribution in [1.29, 1.82) is 0 Å². The number of carbonyl (C=O) groups excluding carboxylic acids is 2. The summed E-state index contributed by atoms with van der Waals surface area (Å²) >= 11 is 0. The van der Waals surface area contributed by atoms with Crippen molar-refractivity contribution in [3.63, 3.8) is 0 Å². The molecule has 1 rings (SSSR count). The Bertz CT molecular complexity index is 547. The van der Waals surface area contributed by atoms with Gasteiger partial charge in [0.2, 0.25) is 5.54 Å². The molecular formula is C16H22N2O5. The van der Waals surface area contributed by atoms with Crippen molar-refractivity contribution < 1.29 is 24.2 Å². The van der Waals surface area contributed by atoms with Gasteiger partial charge in [-0.3, -0.25) is 4.79 Å². The summed E-state index contributed by atoms with van der Waals surface area (Å²) in [4.78, 5) is 36.3. The number of esters is 1. The molecule has 0 unspecified atom stereocenters. The number of amides is 1. The molecule has 1 atom stereocenters. The van der Waals surface area contributed by atoms with Crippen LogP contribution in [0.2, 0.25) is 0 Å². The molecule has 0 saturated heterocycles. The highest BCUT2D eigenvalue weighted by molar-refractivity contribution is 6.09. The van der Waals surface area contributed by atoms with Crippen molar-refractivity contribution in [2.24, 2.45) is 5.73 Å². The topological polar surface area (TPSA) is 119 Å². The Kier molecular flexibility index (Phi) is 7.21. The van der Waals surface area contributed by atoms with Crippen LogP contribution in [0.15, 0.2) is 30.3 Å². The molecule has 0 bridgehead atoms. The Morgan fingerprint density at radius 2 is 1.87 bits per heavy atom. The molecule has 0 saturated carbocycles. The maximum Gasteiger partial charge on any atom is 0.343 e. The number of aliphatic carboxylic acids is 1. The number of carbonyl (C=O) groups is 3. The van der Waals surface area contributed by atoms with Crippen LogP contribution in [0.4, 0.5) is 0 Å². The number of benzene rings is 1. The van der Waals surface area contributed by atoms with Gasteiger partial charge in [-0.1, -0.05) is 18.2 Å². The molecule has 0 aliphatic carbocycles. The lowest BCUT2D eigenvalue weighted by Gasteiger charge is -2.28. The van der Waals surface area contributed by atoms with E-state index in [0.29, 0.717) is 19.4 Å². The highest BCUT2D eigenvalue weighted by Gasteiger charge is 2.48. The number of unbranched alkanes of at least 4 members (excludes halogenated alkanes) is 1. The van der Waals surface area contributed by atoms with Gasteiger partial charge in [-0.15, -0.1) is 0 Å². The van der Waals surface area contributed by atoms with Crippen LogP contribution in [0, 0.1) is 0 Å². The first-order valence-electron chi connectivity index (χ1n) is 7.46. The third kappa shape index (κ3) is 4.79. The summed E-state index contributed by atoms with van der Waals surface area (Å²) in [5.74, 6) is -3.07. The molecule has 0 spiro atoms. The summed E-state index contributed by atoms with van der Waals surface area (Å²) < 4.78 is 4.87. The molecule has 0 aliphatic heterocycles. The summed E-state index contributed by atoms with van der Waals surface area (Å²) in [6, 6.07) is 8.10. The molecule has 1 aromatic carbocycles. The Balaban J connectivity index is 3.07. The van der Waals surface area contributed by atoms with Crippen LogP contribution >= 0.6 is 0 Å². The van der Waals surface area contributed by atoms with E-state index in [1.54, 1.807) is 25.1 Å². The van der Waals surface area contributed by atoms with Gasteiger partial charge in [0.15, 0.2) is 0 Å². The zero-order chi connectivity index (χ0) is 17.3. The Labute approximate surface area is 134 Å². The van der Waals surface area contributed by atoms with E-state index in [9.17, 15) is 19.5 Å². The summed E-state index contributed by atoms with van der Waals surface area (Å²) in [5, 5.41) is 11.9. The van der Waals surface area contributed by atoms with E-state index in [-0.39, 0.29) is 18.6 Å². The van der Waals surface area contributed by atoms with Crippen LogP contribution in [0.1, 0.15) is 36.5 Å². The number of hydrogen-bond acceptors (Lipinski definition) is 5. The van der Waals surface area contributed by atoms with Gasteiger partial charge >= 0.3 is 11.9 Å². The second kappa shape index (κ2) is 8.89. The monoisotopic (exact) mass is 322 g/mol. The van der Waals surface area contributed by atoms with E-state index in [1.165, 1.54) is 12.1 Å². The molecular weight excluding hydrogens is 300 g/mol. The van der Waals surface area contributed by atoms with Gasteiger partial charge in [-0.2, -0.15) is 0 Å². The highest BCUT2D eigenvalue weighted by Crippen LogP contribution is 2.19. The lowest BCUT2D eigenvalue weighted by molar-refractivity contribution is -0.162. The molecule has 0 fully saturated rings. The average Bonchev–Trinajstić information content (AvgIpc) is 2.54. The van der Waals surface area contributed by atoms with Gasteiger partial charge in [0.25, 0.3) is 5.91 Å². The van der Waals surface area contributed by atoms with Crippen molar-refractivity contribution in [3.8, 4) is 0 Å². The van der Waals surface area contributed by atoms with Crippen molar-refractivity contribution in [1.82, 2.24) is 5.32 Å². The van der Waals surface area contributed by atoms with Gasteiger partial charge in [-0.05, 0) is 44.9 Å². The first kappa shape index (κ1) is 18.6. The SMILES string of the molecule is CCOC(=O)[C@@](CCCCN)(NC(=O)c1ccccc1)C(=O)O. The standard InChI is InChI=1S/C16H22N2O5/c1-2-23-15(22)16(14(20)21,10-6-7-11-17)18-13(19)12-8-4-3-5-9-12/h3-5,8-9H,2,6-7,10-11,17H2,1H3,(H,18,19)(H,20,21)/t16-/m0/s1. The molecule has 0 aromatic heterocycles. The molecule has 1 amide bonds. The largest absolute Gasteiger partial charge is 0.479 e. The van der Waals surface area contributed by atoms with E-state index in [0.717, 1.165) is 0 Å². The average molecular weight is 322 g/mol. The minimum absolute atomic E-state index is 0.0198. The Morgan fingerprint density at radius 1 is 1.22 bits per heavy atom. The number of hydrogen-bond donors (Lipinski definition) is 3. The van der Waals surface area contributed by atoms with Crippen LogP contribution < -0.4 is 11.1 Å². The van der Waals surface area contributed by atoms with E-state index in [2.05, 4.69) is 5.32 Å². The fourth-order valence-corrected chi connectivity index (χ4v) is 2.11. The van der Waals surface area contributed by atoms with E-state index >= 15 is 0 Å². The van der Waals surface area contributed by atoms with Crippen molar-refractivity contribution in [2.45, 2.75) is 31.7 Å². The fraction of sp³-hybridized carbons (Fsp3) is 0.438. The maximum atomic E-state index is 12.3. The molecule has 7 nitrogen and oxygen atoms in total. The quantitative estimate of drug-likeness (QED) is 0.353. The normalized spacial score (nSPS) is 13.0. The number of rotatable bonds is 9. The summed E-state index contributed by atoms with van der Waals surface area (Å²) in [7, 11) is 0. The number of nitrogens with two attached hydrogens (primary N) is 1. The molecule has 1 aromatic rings.